The van der Waals surface area contributed by atoms with Crippen LogP contribution in [0.2, 0.25) is 0 Å². The quantitative estimate of drug-likeness (QED) is 0.509. The Morgan fingerprint density at radius 2 is 2.03 bits per heavy atom. The number of hydrogen-bond acceptors (Lipinski definition) is 6. The van der Waals surface area contributed by atoms with E-state index >= 15 is 0 Å². The summed E-state index contributed by atoms with van der Waals surface area (Å²) in [7, 11) is 1.82. The van der Waals surface area contributed by atoms with Gasteiger partial charge in [-0.3, -0.25) is 4.79 Å². The van der Waals surface area contributed by atoms with E-state index in [4.69, 9.17) is 0 Å². The van der Waals surface area contributed by atoms with E-state index in [2.05, 4.69) is 43.5 Å². The standard InChI is InChI=1S/C22H17N5OS/c1-23-21-17-12-25-19(27-22(28)14-2-3-14)10-16(17)15(11-26-21)4-5-18-20-13(6-8-24-18)7-9-29-20/h6-12,14H,2-3H2,1H3,(H,23,26)(H,25,27,28). The fourth-order valence-corrected chi connectivity index (χ4v) is 4.02. The lowest BCUT2D eigenvalue weighted by Gasteiger charge is -2.09. The van der Waals surface area contributed by atoms with Crippen LogP contribution in [0.5, 0.6) is 0 Å². The van der Waals surface area contributed by atoms with Crippen LogP contribution in [0.3, 0.4) is 0 Å². The van der Waals surface area contributed by atoms with Crippen LogP contribution >= 0.6 is 11.3 Å². The predicted octanol–water partition coefficient (Wildman–Crippen LogP) is 4.03. The Balaban J connectivity index is 1.59. The molecule has 29 heavy (non-hydrogen) atoms. The van der Waals surface area contributed by atoms with E-state index in [-0.39, 0.29) is 11.8 Å². The summed E-state index contributed by atoms with van der Waals surface area (Å²) < 4.78 is 1.07. The molecule has 0 aromatic carbocycles. The SMILES string of the molecule is CNc1ncc(C#Cc2nccc3ccsc23)c2cc(NC(=O)C3CC3)ncc12. The van der Waals surface area contributed by atoms with E-state index in [0.717, 1.165) is 50.8 Å². The second-order valence-electron chi connectivity index (χ2n) is 6.90. The Morgan fingerprint density at radius 1 is 1.14 bits per heavy atom. The first-order chi connectivity index (χ1) is 14.2. The normalized spacial score (nSPS) is 13.1. The summed E-state index contributed by atoms with van der Waals surface area (Å²) >= 11 is 1.63. The van der Waals surface area contributed by atoms with E-state index in [0.29, 0.717) is 5.82 Å². The van der Waals surface area contributed by atoms with Gasteiger partial charge in [0.1, 0.15) is 17.3 Å². The Hall–Kier alpha value is -3.50. The van der Waals surface area contributed by atoms with E-state index in [1.165, 1.54) is 0 Å². The lowest BCUT2D eigenvalue weighted by atomic mass is 10.1. The van der Waals surface area contributed by atoms with Gasteiger partial charge in [0.15, 0.2) is 0 Å². The molecule has 6 nitrogen and oxygen atoms in total. The van der Waals surface area contributed by atoms with Gasteiger partial charge in [0.2, 0.25) is 5.91 Å². The Bertz CT molecular complexity index is 1310. The van der Waals surface area contributed by atoms with Crippen molar-refractivity contribution in [3.8, 4) is 11.8 Å². The zero-order valence-electron chi connectivity index (χ0n) is 15.7. The van der Waals surface area contributed by atoms with Gasteiger partial charge in [0, 0.05) is 42.3 Å². The number of rotatable bonds is 3. The molecule has 1 saturated carbocycles. The minimum Gasteiger partial charge on any atom is -0.373 e. The van der Waals surface area contributed by atoms with Gasteiger partial charge < -0.3 is 10.6 Å². The van der Waals surface area contributed by atoms with Crippen molar-refractivity contribution in [1.29, 1.82) is 0 Å². The highest BCUT2D eigenvalue weighted by Gasteiger charge is 2.29. The summed E-state index contributed by atoms with van der Waals surface area (Å²) in [6.45, 7) is 0. The predicted molar refractivity (Wildman–Crippen MR) is 116 cm³/mol. The molecule has 142 valence electrons. The largest absolute Gasteiger partial charge is 0.373 e. The topological polar surface area (TPSA) is 79.8 Å². The zero-order valence-corrected chi connectivity index (χ0v) is 16.5. The Morgan fingerprint density at radius 3 is 2.86 bits per heavy atom. The van der Waals surface area contributed by atoms with Crippen LogP contribution in [0, 0.1) is 17.8 Å². The van der Waals surface area contributed by atoms with E-state index in [1.54, 1.807) is 29.9 Å². The molecule has 4 heterocycles. The minimum absolute atomic E-state index is 0.0287. The lowest BCUT2D eigenvalue weighted by Crippen LogP contribution is -2.14. The summed E-state index contributed by atoms with van der Waals surface area (Å²) in [5.74, 6) is 7.80. The van der Waals surface area contributed by atoms with Crippen LogP contribution in [0.1, 0.15) is 24.1 Å². The molecule has 7 heteroatoms. The van der Waals surface area contributed by atoms with Crippen LogP contribution in [0.4, 0.5) is 11.6 Å². The van der Waals surface area contributed by atoms with Gasteiger partial charge in [0.05, 0.1) is 10.3 Å². The fraction of sp³-hybridized carbons (Fsp3) is 0.182. The molecule has 2 N–H and O–H groups in total. The van der Waals surface area contributed by atoms with Crippen LogP contribution in [0.15, 0.2) is 42.2 Å². The summed E-state index contributed by atoms with van der Waals surface area (Å²) in [6, 6.07) is 5.91. The second kappa shape index (κ2) is 7.15. The molecule has 1 aliphatic rings. The maximum atomic E-state index is 12.1. The van der Waals surface area contributed by atoms with Gasteiger partial charge >= 0.3 is 0 Å². The smallest absolute Gasteiger partial charge is 0.228 e. The molecule has 0 aliphatic heterocycles. The number of fused-ring (bicyclic) bond motifs is 2. The molecule has 0 bridgehead atoms. The molecule has 1 fully saturated rings. The van der Waals surface area contributed by atoms with Crippen molar-refractivity contribution in [3.63, 3.8) is 0 Å². The number of hydrogen-bond donors (Lipinski definition) is 2. The van der Waals surface area contributed by atoms with Crippen molar-refractivity contribution in [1.82, 2.24) is 15.0 Å². The Kier molecular flexibility index (Phi) is 4.34. The average molecular weight is 399 g/mol. The number of nitrogens with zero attached hydrogens (tertiary/aromatic N) is 3. The van der Waals surface area contributed by atoms with Gasteiger partial charge in [-0.25, -0.2) is 15.0 Å². The highest BCUT2D eigenvalue weighted by atomic mass is 32.1. The first-order valence-electron chi connectivity index (χ1n) is 9.34. The van der Waals surface area contributed by atoms with Gasteiger partial charge in [-0.05, 0) is 47.7 Å². The minimum atomic E-state index is 0.0287. The van der Waals surface area contributed by atoms with Crippen LogP contribution in [-0.4, -0.2) is 27.9 Å². The summed E-state index contributed by atoms with van der Waals surface area (Å²) in [5, 5.41) is 10.9. The zero-order chi connectivity index (χ0) is 19.8. The monoisotopic (exact) mass is 399 g/mol. The number of carbonyl (C=O) groups is 1. The summed E-state index contributed by atoms with van der Waals surface area (Å²) in [5.41, 5.74) is 1.51. The van der Waals surface area contributed by atoms with Crippen molar-refractivity contribution in [2.24, 2.45) is 5.92 Å². The van der Waals surface area contributed by atoms with Crippen molar-refractivity contribution < 1.29 is 4.79 Å². The van der Waals surface area contributed by atoms with Crippen LogP contribution in [-0.2, 0) is 4.79 Å². The van der Waals surface area contributed by atoms with Gasteiger partial charge in [-0.1, -0.05) is 5.92 Å². The van der Waals surface area contributed by atoms with Crippen molar-refractivity contribution in [3.05, 3.63) is 53.4 Å². The summed E-state index contributed by atoms with van der Waals surface area (Å²) in [6.07, 6.45) is 7.13. The van der Waals surface area contributed by atoms with Gasteiger partial charge in [0.25, 0.3) is 0 Å². The summed E-state index contributed by atoms with van der Waals surface area (Å²) in [4.78, 5) is 25.4. The van der Waals surface area contributed by atoms with Gasteiger partial charge in [-0.15, -0.1) is 11.3 Å². The maximum Gasteiger partial charge on any atom is 0.228 e. The van der Waals surface area contributed by atoms with Crippen LogP contribution < -0.4 is 10.6 Å². The lowest BCUT2D eigenvalue weighted by molar-refractivity contribution is -0.117. The number of aromatic nitrogens is 3. The van der Waals surface area contributed by atoms with E-state index < -0.39 is 0 Å². The number of amides is 1. The fourth-order valence-electron chi connectivity index (χ4n) is 3.19. The molecule has 5 rings (SSSR count). The van der Waals surface area contributed by atoms with E-state index in [9.17, 15) is 4.79 Å². The first kappa shape index (κ1) is 17.6. The number of carbonyl (C=O) groups excluding carboxylic acids is 1. The van der Waals surface area contributed by atoms with Crippen molar-refractivity contribution in [2.75, 3.05) is 17.7 Å². The molecular weight excluding hydrogens is 382 g/mol. The Labute approximate surface area is 171 Å². The van der Waals surface area contributed by atoms with E-state index in [1.807, 2.05) is 24.6 Å². The molecule has 0 saturated heterocycles. The molecule has 4 aromatic rings. The third-order valence-corrected chi connectivity index (χ3v) is 5.83. The van der Waals surface area contributed by atoms with Gasteiger partial charge in [-0.2, -0.15) is 0 Å². The number of pyridine rings is 3. The van der Waals surface area contributed by atoms with Crippen molar-refractivity contribution >= 4 is 49.7 Å². The second-order valence-corrected chi connectivity index (χ2v) is 7.81. The highest BCUT2D eigenvalue weighted by molar-refractivity contribution is 7.17. The molecule has 1 aliphatic carbocycles. The third-order valence-electron chi connectivity index (χ3n) is 4.89. The molecule has 0 radical (unpaired) electrons. The molecule has 1 amide bonds. The maximum absolute atomic E-state index is 12.1. The molecule has 0 spiro atoms. The van der Waals surface area contributed by atoms with Crippen molar-refractivity contribution in [2.45, 2.75) is 12.8 Å². The van der Waals surface area contributed by atoms with Crippen LogP contribution in [0.25, 0.3) is 20.9 Å². The third kappa shape index (κ3) is 3.39. The molecular formula is C22H17N5OS. The number of anilines is 2. The highest BCUT2D eigenvalue weighted by Crippen LogP contribution is 2.31. The molecule has 0 unspecified atom stereocenters. The number of nitrogens with one attached hydrogen (secondary N) is 2. The average Bonchev–Trinajstić information content (AvgIpc) is 3.49. The number of thiophene rings is 1. The molecule has 4 aromatic heterocycles. The molecule has 0 atom stereocenters. The first-order valence-corrected chi connectivity index (χ1v) is 10.2.